The highest BCUT2D eigenvalue weighted by Gasteiger charge is 2.37. The molecule has 0 aliphatic rings. The molecule has 5 nitrogen and oxygen atoms in total. The summed E-state index contributed by atoms with van der Waals surface area (Å²) in [5.41, 5.74) is 4.40. The van der Waals surface area contributed by atoms with Crippen LogP contribution in [-0.4, -0.2) is 40.3 Å². The third-order valence-electron chi connectivity index (χ3n) is 5.85. The van der Waals surface area contributed by atoms with E-state index in [4.69, 9.17) is 13.3 Å². The Bertz CT molecular complexity index is 914. The van der Waals surface area contributed by atoms with Gasteiger partial charge in [0, 0.05) is 45.8 Å². The van der Waals surface area contributed by atoms with Gasteiger partial charge in [-0.2, -0.15) is 0 Å². The Morgan fingerprint density at radius 3 is 1.53 bits per heavy atom. The van der Waals surface area contributed by atoms with Crippen LogP contribution in [0.3, 0.4) is 0 Å². The van der Waals surface area contributed by atoms with Crippen molar-refractivity contribution < 1.29 is 23.5 Å². The molecule has 6 heteroatoms. The molecule has 0 atom stereocenters. The highest BCUT2D eigenvalue weighted by molar-refractivity contribution is 6.60. The summed E-state index contributed by atoms with van der Waals surface area (Å²) in [4.78, 5) is 0. The second-order valence-corrected chi connectivity index (χ2v) is 10.9. The van der Waals surface area contributed by atoms with Gasteiger partial charge in [-0.25, -0.2) is 0 Å². The maximum atomic E-state index is 11.1. The molecule has 3 rings (SSSR count). The molecule has 0 saturated carbocycles. The van der Waals surface area contributed by atoms with E-state index in [-0.39, 0.29) is 11.5 Å². The van der Waals surface area contributed by atoms with E-state index in [1.807, 2.05) is 66.7 Å². The molecule has 0 amide bonds. The monoisotopic (exact) mass is 452 g/mol. The average Bonchev–Trinajstić information content (AvgIpc) is 2.83. The molecular weight excluding hydrogens is 420 g/mol. The second kappa shape index (κ2) is 11.3. The summed E-state index contributed by atoms with van der Waals surface area (Å²) < 4.78 is 16.5. The molecule has 0 aliphatic heterocycles. The smallest absolute Gasteiger partial charge is 0.500 e. The second-order valence-electron chi connectivity index (χ2n) is 7.84. The number of phenolic OH excluding ortho intramolecular Hbond substituents is 2. The molecular formula is C26H32O5Si. The van der Waals surface area contributed by atoms with Crippen molar-refractivity contribution in [1.82, 2.24) is 0 Å². The zero-order valence-electron chi connectivity index (χ0n) is 19.0. The van der Waals surface area contributed by atoms with Gasteiger partial charge in [-0.1, -0.05) is 60.7 Å². The van der Waals surface area contributed by atoms with Crippen molar-refractivity contribution in [1.29, 1.82) is 0 Å². The first-order valence-corrected chi connectivity index (χ1v) is 12.7. The van der Waals surface area contributed by atoms with E-state index in [2.05, 4.69) is 0 Å². The van der Waals surface area contributed by atoms with Crippen molar-refractivity contribution in [3.63, 3.8) is 0 Å². The van der Waals surface area contributed by atoms with Crippen LogP contribution in [0.4, 0.5) is 0 Å². The molecule has 0 unspecified atom stereocenters. The number of hydrogen-bond acceptors (Lipinski definition) is 5. The van der Waals surface area contributed by atoms with Crippen molar-refractivity contribution in [2.75, 3.05) is 21.3 Å². The largest absolute Gasteiger partial charge is 0.507 e. The summed E-state index contributed by atoms with van der Waals surface area (Å²) in [5.74, 6) is 0.311. The molecule has 2 N–H and O–H groups in total. The van der Waals surface area contributed by atoms with Crippen LogP contribution in [0.25, 0.3) is 0 Å². The van der Waals surface area contributed by atoms with E-state index in [0.717, 1.165) is 22.3 Å². The lowest BCUT2D eigenvalue weighted by atomic mass is 9.92. The zero-order chi connectivity index (χ0) is 23.0. The third-order valence-corrected chi connectivity index (χ3v) is 8.68. The molecule has 3 aromatic rings. The fourth-order valence-electron chi connectivity index (χ4n) is 4.02. The molecule has 0 heterocycles. The summed E-state index contributed by atoms with van der Waals surface area (Å²) in [7, 11) is 2.05. The van der Waals surface area contributed by atoms with Crippen molar-refractivity contribution in [3.8, 4) is 11.5 Å². The number of phenols is 2. The van der Waals surface area contributed by atoms with Crippen molar-refractivity contribution >= 4 is 8.80 Å². The standard InChI is InChI=1S/C26H32O5Si/c1-29-32(30-2,31-3)16-10-15-24-25(27)22(17-20-11-6-4-7-12-20)19-23(26(24)28)18-21-13-8-5-9-14-21/h4-9,11-14,19,27-28H,10,15-18H2,1-3H3. The van der Waals surface area contributed by atoms with E-state index >= 15 is 0 Å². The van der Waals surface area contributed by atoms with E-state index in [1.54, 1.807) is 21.3 Å². The minimum atomic E-state index is -2.72. The molecule has 0 aromatic heterocycles. The Labute approximate surface area is 191 Å². The number of rotatable bonds is 11. The normalized spacial score (nSPS) is 11.6. The molecule has 0 spiro atoms. The first-order valence-electron chi connectivity index (χ1n) is 10.8. The summed E-state index contributed by atoms with van der Waals surface area (Å²) in [6.45, 7) is 0. The van der Waals surface area contributed by atoms with Crippen LogP contribution >= 0.6 is 0 Å². The Morgan fingerprint density at radius 2 is 1.12 bits per heavy atom. The third kappa shape index (κ3) is 5.78. The van der Waals surface area contributed by atoms with Gasteiger partial charge in [-0.05, 0) is 41.2 Å². The fourth-order valence-corrected chi connectivity index (χ4v) is 5.74. The highest BCUT2D eigenvalue weighted by atomic mass is 28.4. The van der Waals surface area contributed by atoms with Crippen molar-refractivity contribution in [2.24, 2.45) is 0 Å². The zero-order valence-corrected chi connectivity index (χ0v) is 20.0. The fraction of sp³-hybridized carbons (Fsp3) is 0.308. The van der Waals surface area contributed by atoms with Crippen molar-refractivity contribution in [3.05, 3.63) is 94.5 Å². The Balaban J connectivity index is 1.92. The Hall–Kier alpha value is -2.64. The van der Waals surface area contributed by atoms with Gasteiger partial charge in [0.1, 0.15) is 11.5 Å². The van der Waals surface area contributed by atoms with E-state index in [1.165, 1.54) is 0 Å². The summed E-state index contributed by atoms with van der Waals surface area (Å²) in [6.07, 6.45) is 2.33. The Kier molecular flexibility index (Phi) is 8.47. The van der Waals surface area contributed by atoms with Crippen LogP contribution in [0.5, 0.6) is 11.5 Å². The number of aromatic hydroxyl groups is 2. The maximum Gasteiger partial charge on any atom is 0.500 e. The molecule has 0 bridgehead atoms. The minimum absolute atomic E-state index is 0.155. The molecule has 0 aliphatic carbocycles. The molecule has 0 saturated heterocycles. The quantitative estimate of drug-likeness (QED) is 0.397. The molecule has 32 heavy (non-hydrogen) atoms. The van der Waals surface area contributed by atoms with Gasteiger partial charge in [0.15, 0.2) is 0 Å². The Morgan fingerprint density at radius 1 is 0.688 bits per heavy atom. The molecule has 170 valence electrons. The summed E-state index contributed by atoms with van der Waals surface area (Å²) >= 11 is 0. The lowest BCUT2D eigenvalue weighted by Gasteiger charge is -2.24. The first kappa shape index (κ1) is 24.0. The number of benzene rings is 3. The van der Waals surface area contributed by atoms with Crippen LogP contribution in [-0.2, 0) is 32.5 Å². The van der Waals surface area contributed by atoms with Gasteiger partial charge in [0.25, 0.3) is 0 Å². The van der Waals surface area contributed by atoms with Crippen LogP contribution in [0.15, 0.2) is 66.7 Å². The molecule has 0 fully saturated rings. The molecule has 3 aromatic carbocycles. The SMILES string of the molecule is CO[Si](CCCc1c(O)c(Cc2ccccc2)cc(Cc2ccccc2)c1O)(OC)OC. The van der Waals surface area contributed by atoms with Crippen LogP contribution in [0, 0.1) is 0 Å². The van der Waals surface area contributed by atoms with E-state index in [9.17, 15) is 10.2 Å². The summed E-state index contributed by atoms with van der Waals surface area (Å²) in [6, 6.07) is 22.6. The van der Waals surface area contributed by atoms with E-state index in [0.29, 0.717) is 37.3 Å². The summed E-state index contributed by atoms with van der Waals surface area (Å²) in [5, 5.41) is 22.2. The van der Waals surface area contributed by atoms with Crippen LogP contribution < -0.4 is 0 Å². The van der Waals surface area contributed by atoms with Crippen LogP contribution in [0.2, 0.25) is 6.04 Å². The topological polar surface area (TPSA) is 68.2 Å². The van der Waals surface area contributed by atoms with E-state index < -0.39 is 8.80 Å². The van der Waals surface area contributed by atoms with Crippen LogP contribution in [0.1, 0.15) is 34.2 Å². The first-order chi connectivity index (χ1) is 15.5. The maximum absolute atomic E-state index is 11.1. The average molecular weight is 453 g/mol. The van der Waals surface area contributed by atoms with Gasteiger partial charge in [0.05, 0.1) is 0 Å². The predicted octanol–water partition coefficient (Wildman–Crippen LogP) is 5.09. The van der Waals surface area contributed by atoms with Gasteiger partial charge in [0.2, 0.25) is 0 Å². The van der Waals surface area contributed by atoms with Gasteiger partial charge in [-0.15, -0.1) is 0 Å². The number of hydrogen-bond donors (Lipinski definition) is 2. The minimum Gasteiger partial charge on any atom is -0.507 e. The van der Waals surface area contributed by atoms with Gasteiger partial charge >= 0.3 is 8.80 Å². The highest BCUT2D eigenvalue weighted by Crippen LogP contribution is 2.38. The predicted molar refractivity (Wildman–Crippen MR) is 128 cm³/mol. The van der Waals surface area contributed by atoms with Gasteiger partial charge in [-0.3, -0.25) is 0 Å². The lowest BCUT2D eigenvalue weighted by Crippen LogP contribution is -2.42. The molecule has 0 radical (unpaired) electrons. The van der Waals surface area contributed by atoms with Crippen molar-refractivity contribution in [2.45, 2.75) is 31.7 Å². The lowest BCUT2D eigenvalue weighted by molar-refractivity contribution is 0.123. The van der Waals surface area contributed by atoms with Gasteiger partial charge < -0.3 is 23.5 Å².